The van der Waals surface area contributed by atoms with E-state index >= 15 is 0 Å². The van der Waals surface area contributed by atoms with Gasteiger partial charge >= 0.3 is 0 Å². The highest BCUT2D eigenvalue weighted by Crippen LogP contribution is 2.35. The molecule has 5 rings (SSSR count). The number of nitrogens with one attached hydrogen (secondary N) is 3. The normalized spacial score (nSPS) is 21.0. The largest absolute Gasteiger partial charge is 0.480 e. The molecule has 0 spiro atoms. The fraction of sp³-hybridized carbons (Fsp3) is 0.409. The van der Waals surface area contributed by atoms with E-state index in [1.54, 1.807) is 18.5 Å². The lowest BCUT2D eigenvalue weighted by Gasteiger charge is -2.38. The summed E-state index contributed by atoms with van der Waals surface area (Å²) in [6, 6.07) is 4.18. The Morgan fingerprint density at radius 2 is 2.12 bits per heavy atom. The molecule has 0 unspecified atom stereocenters. The van der Waals surface area contributed by atoms with Crippen molar-refractivity contribution in [3.05, 3.63) is 30.9 Å². The summed E-state index contributed by atoms with van der Waals surface area (Å²) >= 11 is 0. The maximum absolute atomic E-state index is 11.5. The summed E-state index contributed by atoms with van der Waals surface area (Å²) < 4.78 is 7.35. The third-order valence-electron chi connectivity index (χ3n) is 6.18. The van der Waals surface area contributed by atoms with Crippen LogP contribution in [0.15, 0.2) is 30.9 Å². The molecular weight excluding hydrogens is 408 g/mol. The van der Waals surface area contributed by atoms with Crippen LogP contribution < -0.4 is 15.4 Å². The van der Waals surface area contributed by atoms with Gasteiger partial charge in [0.1, 0.15) is 12.0 Å². The average Bonchev–Trinajstić information content (AvgIpc) is 3.40. The quantitative estimate of drug-likeness (QED) is 0.441. The van der Waals surface area contributed by atoms with Gasteiger partial charge in [0.15, 0.2) is 5.65 Å². The van der Waals surface area contributed by atoms with Crippen molar-refractivity contribution >= 4 is 28.5 Å². The van der Waals surface area contributed by atoms with Crippen LogP contribution in [0.2, 0.25) is 0 Å². The van der Waals surface area contributed by atoms with Gasteiger partial charge in [-0.05, 0) is 50.3 Å². The Morgan fingerprint density at radius 3 is 2.88 bits per heavy atom. The van der Waals surface area contributed by atoms with Crippen LogP contribution in [0.3, 0.4) is 0 Å². The van der Waals surface area contributed by atoms with Crippen LogP contribution >= 0.6 is 0 Å². The minimum absolute atomic E-state index is 0.0168. The molecule has 1 fully saturated rings. The first kappa shape index (κ1) is 20.2. The average molecular weight is 435 g/mol. The van der Waals surface area contributed by atoms with Crippen LogP contribution in [-0.2, 0) is 4.79 Å². The summed E-state index contributed by atoms with van der Waals surface area (Å²) in [7, 11) is 1.61. The van der Waals surface area contributed by atoms with Crippen LogP contribution in [0.5, 0.6) is 5.88 Å². The molecular formula is C22H26N8O2. The van der Waals surface area contributed by atoms with Gasteiger partial charge in [0.2, 0.25) is 17.7 Å². The number of methoxy groups -OCH3 is 1. The number of pyridine rings is 1. The smallest absolute Gasteiger partial charge is 0.228 e. The summed E-state index contributed by atoms with van der Waals surface area (Å²) in [6.45, 7) is 3.67. The van der Waals surface area contributed by atoms with Gasteiger partial charge in [-0.25, -0.2) is 9.50 Å². The number of aromatic amines is 1. The molecule has 0 bridgehead atoms. The lowest BCUT2D eigenvalue weighted by molar-refractivity contribution is -0.121. The number of carbonyl (C=O) groups is 1. The van der Waals surface area contributed by atoms with Crippen LogP contribution in [0.1, 0.15) is 39.5 Å². The van der Waals surface area contributed by atoms with Crippen molar-refractivity contribution in [1.29, 1.82) is 0 Å². The molecule has 0 radical (unpaired) electrons. The Hall–Kier alpha value is -3.69. The Kier molecular flexibility index (Phi) is 4.91. The maximum Gasteiger partial charge on any atom is 0.228 e. The minimum atomic E-state index is -0.146. The van der Waals surface area contributed by atoms with Crippen LogP contribution in [0, 0.1) is 0 Å². The highest BCUT2D eigenvalue weighted by atomic mass is 16.5. The molecule has 166 valence electrons. The van der Waals surface area contributed by atoms with Crippen molar-refractivity contribution < 1.29 is 9.53 Å². The summed E-state index contributed by atoms with van der Waals surface area (Å²) in [6.07, 6.45) is 8.97. The first-order valence-electron chi connectivity index (χ1n) is 10.7. The fourth-order valence-corrected chi connectivity index (χ4v) is 4.55. The molecule has 4 aromatic heterocycles. The van der Waals surface area contributed by atoms with E-state index in [0.717, 1.165) is 47.8 Å². The molecule has 10 heteroatoms. The van der Waals surface area contributed by atoms with E-state index in [1.165, 1.54) is 6.33 Å². The number of fused-ring (bicyclic) bond motifs is 2. The highest BCUT2D eigenvalue weighted by Gasteiger charge is 2.32. The van der Waals surface area contributed by atoms with Crippen molar-refractivity contribution in [3.63, 3.8) is 0 Å². The minimum Gasteiger partial charge on any atom is -0.480 e. The lowest BCUT2D eigenvalue weighted by atomic mass is 9.81. The molecule has 1 aliphatic carbocycles. The van der Waals surface area contributed by atoms with Gasteiger partial charge in [-0.1, -0.05) is 0 Å². The van der Waals surface area contributed by atoms with E-state index in [9.17, 15) is 4.79 Å². The summed E-state index contributed by atoms with van der Waals surface area (Å²) in [5, 5.41) is 11.5. The van der Waals surface area contributed by atoms with Crippen molar-refractivity contribution in [2.75, 3.05) is 12.4 Å². The number of H-pyrrole nitrogens is 1. The summed E-state index contributed by atoms with van der Waals surface area (Å²) in [5.41, 5.74) is 3.24. The molecule has 0 aromatic carbocycles. The zero-order chi connectivity index (χ0) is 22.3. The standard InChI is InChI=1S/C22H26N8O2/c1-13(31)29-22(2)7-4-15(5-8-22)26-21-27-19-18(20(28-21)32-3)16(11-23-19)14-6-9-30-17(10-14)24-12-25-30/h6,9-12,15H,4-5,7-8H2,1-3H3,(H,29,31)(H2,23,26,27,28)/t15-,22-. The van der Waals surface area contributed by atoms with Crippen LogP contribution in [-0.4, -0.2) is 54.1 Å². The second-order valence-corrected chi connectivity index (χ2v) is 8.62. The summed E-state index contributed by atoms with van der Waals surface area (Å²) in [4.78, 5) is 28.3. The molecule has 0 saturated heterocycles. The van der Waals surface area contributed by atoms with Crippen molar-refractivity contribution in [2.45, 2.75) is 51.1 Å². The first-order valence-corrected chi connectivity index (χ1v) is 10.7. The monoisotopic (exact) mass is 434 g/mol. The van der Waals surface area contributed by atoms with Crippen LogP contribution in [0.4, 0.5) is 5.95 Å². The lowest BCUT2D eigenvalue weighted by Crippen LogP contribution is -2.49. The molecule has 0 aliphatic heterocycles. The number of aromatic nitrogens is 6. The number of hydrogen-bond donors (Lipinski definition) is 3. The van der Waals surface area contributed by atoms with E-state index in [0.29, 0.717) is 17.5 Å². The van der Waals surface area contributed by atoms with Gasteiger partial charge in [-0.2, -0.15) is 15.1 Å². The Morgan fingerprint density at radius 1 is 1.31 bits per heavy atom. The first-order chi connectivity index (χ1) is 15.4. The number of anilines is 1. The van der Waals surface area contributed by atoms with Gasteiger partial charge in [0, 0.05) is 36.5 Å². The number of carbonyl (C=O) groups excluding carboxylic acids is 1. The molecule has 1 saturated carbocycles. The van der Waals surface area contributed by atoms with E-state index in [-0.39, 0.29) is 17.5 Å². The number of ether oxygens (including phenoxy) is 1. The number of hydrogen-bond acceptors (Lipinski definition) is 7. The number of amides is 1. The Labute approximate surface area is 184 Å². The second kappa shape index (κ2) is 7.77. The highest BCUT2D eigenvalue weighted by molar-refractivity contribution is 5.98. The molecule has 1 amide bonds. The molecule has 3 N–H and O–H groups in total. The maximum atomic E-state index is 11.5. The predicted molar refractivity (Wildman–Crippen MR) is 121 cm³/mol. The van der Waals surface area contributed by atoms with Gasteiger partial charge in [0.05, 0.1) is 12.5 Å². The van der Waals surface area contributed by atoms with E-state index in [4.69, 9.17) is 9.72 Å². The predicted octanol–water partition coefficient (Wildman–Crippen LogP) is 2.93. The van der Waals surface area contributed by atoms with Gasteiger partial charge < -0.3 is 20.4 Å². The number of nitrogens with zero attached hydrogens (tertiary/aromatic N) is 5. The topological polar surface area (TPSA) is 122 Å². The van der Waals surface area contributed by atoms with Crippen LogP contribution in [0.25, 0.3) is 27.8 Å². The summed E-state index contributed by atoms with van der Waals surface area (Å²) in [5.74, 6) is 1.06. The second-order valence-electron chi connectivity index (χ2n) is 8.62. The molecule has 10 nitrogen and oxygen atoms in total. The SMILES string of the molecule is COc1nc(N[C@H]2CC[C@](C)(NC(C)=O)CC2)nc2[nH]cc(-c3ccn4ncnc4c3)c12. The Bertz CT molecular complexity index is 1290. The zero-order valence-corrected chi connectivity index (χ0v) is 18.3. The van der Waals surface area contributed by atoms with Crippen molar-refractivity contribution in [1.82, 2.24) is 34.9 Å². The van der Waals surface area contributed by atoms with Crippen molar-refractivity contribution in [2.24, 2.45) is 0 Å². The number of rotatable bonds is 5. The van der Waals surface area contributed by atoms with Gasteiger partial charge in [-0.3, -0.25) is 4.79 Å². The molecule has 1 aliphatic rings. The molecule has 4 heterocycles. The molecule has 32 heavy (non-hydrogen) atoms. The van der Waals surface area contributed by atoms with E-state index in [1.807, 2.05) is 24.5 Å². The van der Waals surface area contributed by atoms with Crippen molar-refractivity contribution in [3.8, 4) is 17.0 Å². The van der Waals surface area contributed by atoms with Gasteiger partial charge in [0.25, 0.3) is 0 Å². The zero-order valence-electron chi connectivity index (χ0n) is 18.3. The third-order valence-corrected chi connectivity index (χ3v) is 6.18. The molecule has 4 aromatic rings. The van der Waals surface area contributed by atoms with E-state index < -0.39 is 0 Å². The van der Waals surface area contributed by atoms with E-state index in [2.05, 4.69) is 37.6 Å². The Balaban J connectivity index is 1.40. The third kappa shape index (κ3) is 3.72. The van der Waals surface area contributed by atoms with Gasteiger partial charge in [-0.15, -0.1) is 0 Å². The molecule has 0 atom stereocenters. The fourth-order valence-electron chi connectivity index (χ4n) is 4.55.